The molecule has 0 bridgehead atoms. The van der Waals surface area contributed by atoms with Crippen LogP contribution in [0.25, 0.3) is 0 Å². The highest BCUT2D eigenvalue weighted by Crippen LogP contribution is 2.30. The van der Waals surface area contributed by atoms with Gasteiger partial charge >= 0.3 is 0 Å². The first kappa shape index (κ1) is 23.3. The molecule has 0 aliphatic carbocycles. The van der Waals surface area contributed by atoms with Crippen LogP contribution in [-0.2, 0) is 21.3 Å². The van der Waals surface area contributed by atoms with E-state index in [1.54, 1.807) is 13.2 Å². The molecule has 0 spiro atoms. The Bertz CT molecular complexity index is 954. The summed E-state index contributed by atoms with van der Waals surface area (Å²) >= 11 is 12.3. The van der Waals surface area contributed by atoms with Crippen LogP contribution in [0.5, 0.6) is 5.75 Å². The Morgan fingerprint density at radius 2 is 1.90 bits per heavy atom. The Kier molecular flexibility index (Phi) is 8.01. The normalized spacial score (nSPS) is 20.2. The highest BCUT2D eigenvalue weighted by atomic mass is 35.5. The molecule has 0 radical (unpaired) electrons. The minimum absolute atomic E-state index is 0.0672. The van der Waals surface area contributed by atoms with Crippen molar-refractivity contribution in [3.8, 4) is 5.75 Å². The van der Waals surface area contributed by atoms with Gasteiger partial charge in [0.25, 0.3) is 0 Å². The molecule has 1 heterocycles. The van der Waals surface area contributed by atoms with Crippen molar-refractivity contribution in [1.82, 2.24) is 9.62 Å². The molecule has 0 aromatic heterocycles. The maximum Gasteiger partial charge on any atom is 0.211 e. The van der Waals surface area contributed by atoms with Gasteiger partial charge in [0.05, 0.1) is 36.1 Å². The van der Waals surface area contributed by atoms with Gasteiger partial charge in [0.1, 0.15) is 5.75 Å². The molecule has 0 saturated carbocycles. The second kappa shape index (κ2) is 10.3. The highest BCUT2D eigenvalue weighted by Gasteiger charge is 2.31. The number of nitrogens with one attached hydrogen (secondary N) is 1. The molecule has 1 aliphatic rings. The smallest absolute Gasteiger partial charge is 0.211 e. The summed E-state index contributed by atoms with van der Waals surface area (Å²) < 4.78 is 37.8. The molecule has 1 aliphatic heterocycles. The Hall–Kier alpha value is -1.35. The predicted molar refractivity (Wildman–Crippen MR) is 120 cm³/mol. The van der Waals surface area contributed by atoms with Crippen molar-refractivity contribution in [2.45, 2.75) is 18.6 Å². The fourth-order valence-corrected chi connectivity index (χ4v) is 4.60. The average Bonchev–Trinajstić information content (AvgIpc) is 2.95. The van der Waals surface area contributed by atoms with Crippen LogP contribution in [-0.4, -0.2) is 58.4 Å². The highest BCUT2D eigenvalue weighted by molar-refractivity contribution is 7.88. The number of nitrogens with zero attached hydrogens (tertiary/aromatic N) is 1. The van der Waals surface area contributed by atoms with Crippen LogP contribution in [0.1, 0.15) is 17.0 Å². The third kappa shape index (κ3) is 6.09. The lowest BCUT2D eigenvalue weighted by Crippen LogP contribution is -2.41. The number of sulfonamides is 1. The van der Waals surface area contributed by atoms with E-state index in [2.05, 4.69) is 5.32 Å². The number of methoxy groups -OCH3 is 1. The average molecular weight is 473 g/mol. The van der Waals surface area contributed by atoms with Gasteiger partial charge < -0.3 is 14.8 Å². The van der Waals surface area contributed by atoms with E-state index in [0.717, 1.165) is 16.9 Å². The fraction of sp³-hybridized carbons (Fsp3) is 0.429. The van der Waals surface area contributed by atoms with E-state index in [9.17, 15) is 8.42 Å². The first-order chi connectivity index (χ1) is 14.3. The van der Waals surface area contributed by atoms with Crippen LogP contribution in [0.3, 0.4) is 0 Å². The maximum atomic E-state index is 12.6. The van der Waals surface area contributed by atoms with Crippen LogP contribution < -0.4 is 10.1 Å². The Morgan fingerprint density at radius 1 is 1.17 bits per heavy atom. The van der Waals surface area contributed by atoms with Crippen LogP contribution in [0.2, 0.25) is 10.0 Å². The molecule has 30 heavy (non-hydrogen) atoms. The lowest BCUT2D eigenvalue weighted by atomic mass is 9.93. The minimum atomic E-state index is -3.46. The van der Waals surface area contributed by atoms with Crippen molar-refractivity contribution in [3.63, 3.8) is 0 Å². The summed E-state index contributed by atoms with van der Waals surface area (Å²) in [6.45, 7) is 2.35. The van der Waals surface area contributed by atoms with Crippen molar-refractivity contribution < 1.29 is 17.9 Å². The fourth-order valence-electron chi connectivity index (χ4n) is 3.50. The summed E-state index contributed by atoms with van der Waals surface area (Å²) in [5, 5.41) is 4.30. The topological polar surface area (TPSA) is 67.9 Å². The maximum absolute atomic E-state index is 12.6. The SMILES string of the molecule is COc1ccc(CN(CC2OCCNCC2c2ccc(Cl)c(Cl)c2)S(C)(=O)=O)cc1. The van der Waals surface area contributed by atoms with Gasteiger partial charge in [-0.1, -0.05) is 41.4 Å². The first-order valence-electron chi connectivity index (χ1n) is 9.63. The first-order valence-corrected chi connectivity index (χ1v) is 12.2. The third-order valence-corrected chi connectivity index (χ3v) is 7.12. The molecular formula is C21H26Cl2N2O4S. The summed E-state index contributed by atoms with van der Waals surface area (Å²) in [4.78, 5) is 0. The zero-order chi connectivity index (χ0) is 21.7. The molecule has 3 rings (SSSR count). The van der Waals surface area contributed by atoms with E-state index in [0.29, 0.717) is 29.7 Å². The lowest BCUT2D eigenvalue weighted by Gasteiger charge is -2.30. The van der Waals surface area contributed by atoms with E-state index < -0.39 is 10.0 Å². The Balaban J connectivity index is 1.84. The molecule has 0 amide bonds. The molecule has 1 N–H and O–H groups in total. The van der Waals surface area contributed by atoms with Gasteiger partial charge in [-0.2, -0.15) is 4.31 Å². The largest absolute Gasteiger partial charge is 0.497 e. The van der Waals surface area contributed by atoms with Gasteiger partial charge in [-0.15, -0.1) is 0 Å². The number of ether oxygens (including phenoxy) is 2. The Labute approximate surface area is 188 Å². The summed E-state index contributed by atoms with van der Waals surface area (Å²) in [7, 11) is -1.86. The standard InChI is InChI=1S/C21H26Cl2N2O4S/c1-28-17-6-3-15(4-7-17)13-25(30(2,26)27)14-21-18(12-24-9-10-29-21)16-5-8-19(22)20(23)11-16/h3-8,11,18,21,24H,9-10,12-14H2,1-2H3. The second-order valence-electron chi connectivity index (χ2n) is 7.30. The van der Waals surface area contributed by atoms with Gasteiger partial charge in [0, 0.05) is 32.1 Å². The van der Waals surface area contributed by atoms with Gasteiger partial charge in [0.15, 0.2) is 0 Å². The van der Waals surface area contributed by atoms with Crippen LogP contribution in [0, 0.1) is 0 Å². The zero-order valence-corrected chi connectivity index (χ0v) is 19.3. The third-order valence-electron chi connectivity index (χ3n) is 5.17. The van der Waals surface area contributed by atoms with Gasteiger partial charge in [-0.05, 0) is 35.4 Å². The van der Waals surface area contributed by atoms with E-state index in [-0.39, 0.29) is 25.1 Å². The van der Waals surface area contributed by atoms with Crippen molar-refractivity contribution in [2.75, 3.05) is 39.6 Å². The summed E-state index contributed by atoms with van der Waals surface area (Å²) in [6, 6.07) is 12.9. The van der Waals surface area contributed by atoms with Crippen molar-refractivity contribution in [3.05, 3.63) is 63.6 Å². The van der Waals surface area contributed by atoms with E-state index in [1.165, 1.54) is 10.6 Å². The van der Waals surface area contributed by atoms with Crippen molar-refractivity contribution >= 4 is 33.2 Å². The predicted octanol–water partition coefficient (Wildman–Crippen LogP) is 3.54. The quantitative estimate of drug-likeness (QED) is 0.667. The van der Waals surface area contributed by atoms with Crippen LogP contribution in [0.15, 0.2) is 42.5 Å². The van der Waals surface area contributed by atoms with E-state index >= 15 is 0 Å². The molecular weight excluding hydrogens is 447 g/mol. The molecule has 2 unspecified atom stereocenters. The van der Waals surface area contributed by atoms with Gasteiger partial charge in [0.2, 0.25) is 10.0 Å². The Morgan fingerprint density at radius 3 is 2.53 bits per heavy atom. The van der Waals surface area contributed by atoms with Gasteiger partial charge in [-0.3, -0.25) is 0 Å². The van der Waals surface area contributed by atoms with Crippen molar-refractivity contribution in [1.29, 1.82) is 0 Å². The summed E-state index contributed by atoms with van der Waals surface area (Å²) in [5.74, 6) is 0.657. The molecule has 2 aromatic rings. The summed E-state index contributed by atoms with van der Waals surface area (Å²) in [6.07, 6.45) is 0.893. The monoisotopic (exact) mass is 472 g/mol. The number of benzene rings is 2. The molecule has 164 valence electrons. The lowest BCUT2D eigenvalue weighted by molar-refractivity contribution is 0.0383. The number of hydrogen-bond donors (Lipinski definition) is 1. The molecule has 2 atom stereocenters. The van der Waals surface area contributed by atoms with Crippen molar-refractivity contribution in [2.24, 2.45) is 0 Å². The number of rotatable bonds is 7. The van der Waals surface area contributed by atoms with E-state index in [4.69, 9.17) is 32.7 Å². The number of halogens is 2. The summed E-state index contributed by atoms with van der Waals surface area (Å²) in [5.41, 5.74) is 1.83. The van der Waals surface area contributed by atoms with Crippen LogP contribution >= 0.6 is 23.2 Å². The second-order valence-corrected chi connectivity index (χ2v) is 10.1. The minimum Gasteiger partial charge on any atom is -0.497 e. The number of hydrogen-bond acceptors (Lipinski definition) is 5. The van der Waals surface area contributed by atoms with Crippen LogP contribution in [0.4, 0.5) is 0 Å². The molecule has 2 aromatic carbocycles. The molecule has 6 nitrogen and oxygen atoms in total. The molecule has 1 saturated heterocycles. The molecule has 9 heteroatoms. The molecule has 1 fully saturated rings. The zero-order valence-electron chi connectivity index (χ0n) is 17.0. The van der Waals surface area contributed by atoms with Gasteiger partial charge in [-0.25, -0.2) is 8.42 Å². The van der Waals surface area contributed by atoms with E-state index in [1.807, 2.05) is 36.4 Å².